The van der Waals surface area contributed by atoms with E-state index in [9.17, 15) is 53.8 Å². The summed E-state index contributed by atoms with van der Waals surface area (Å²) in [5.41, 5.74) is 10.6. The molecule has 0 aromatic heterocycles. The van der Waals surface area contributed by atoms with Gasteiger partial charge in [-0.15, -0.1) is 0 Å². The van der Waals surface area contributed by atoms with E-state index in [4.69, 9.17) is 26.6 Å². The summed E-state index contributed by atoms with van der Waals surface area (Å²) in [4.78, 5) is 35.5. The monoisotopic (exact) mass is 701 g/mol. The van der Waals surface area contributed by atoms with Crippen molar-refractivity contribution in [3.05, 3.63) is 81.0 Å². The van der Waals surface area contributed by atoms with E-state index in [1.807, 2.05) is 5.32 Å². The zero-order valence-corrected chi connectivity index (χ0v) is 25.2. The van der Waals surface area contributed by atoms with Crippen molar-refractivity contribution >= 4 is 59.4 Å². The fraction of sp³-hybridized carbons (Fsp3) is 0.125. The molecule has 2 aliphatic rings. The highest BCUT2D eigenvalue weighted by atomic mass is 32.2. The number of carboxylic acid groups (broad SMARTS) is 1. The van der Waals surface area contributed by atoms with E-state index in [0.717, 1.165) is 30.3 Å². The number of nitrogen functional groups attached to an aromatic ring is 1. The lowest BCUT2D eigenvalue weighted by Crippen LogP contribution is -2.52. The Morgan fingerprint density at radius 2 is 1.59 bits per heavy atom. The first-order valence-electron chi connectivity index (χ1n) is 12.3. The van der Waals surface area contributed by atoms with Gasteiger partial charge in [0.15, 0.2) is 16.4 Å². The fourth-order valence-corrected chi connectivity index (χ4v) is 6.95. The van der Waals surface area contributed by atoms with Gasteiger partial charge in [-0.25, -0.2) is 10.6 Å². The molecule has 0 radical (unpaired) electrons. The first-order chi connectivity index (χ1) is 21.2. The van der Waals surface area contributed by atoms with Crippen molar-refractivity contribution in [1.82, 2.24) is 10.7 Å². The molecule has 22 heteroatoms. The van der Waals surface area contributed by atoms with Crippen LogP contribution in [0.2, 0.25) is 0 Å². The van der Waals surface area contributed by atoms with E-state index >= 15 is 0 Å². The maximum absolute atomic E-state index is 13.0. The van der Waals surface area contributed by atoms with Crippen LogP contribution in [0.5, 0.6) is 5.75 Å². The number of hydrogen-bond acceptors (Lipinski definition) is 13. The highest BCUT2D eigenvalue weighted by Crippen LogP contribution is 2.49. The fourth-order valence-electron chi connectivity index (χ4n) is 4.73. The summed E-state index contributed by atoms with van der Waals surface area (Å²) in [7, 11) is -15.2. The Labute approximate surface area is 259 Å². The van der Waals surface area contributed by atoms with Gasteiger partial charge in [-0.3, -0.25) is 28.7 Å². The second kappa shape index (κ2) is 11.9. The van der Waals surface area contributed by atoms with Crippen LogP contribution in [0.15, 0.2) is 63.6 Å². The highest BCUT2D eigenvalue weighted by Gasteiger charge is 2.39. The number of aromatic carboxylic acids is 1. The van der Waals surface area contributed by atoms with E-state index < -0.39 is 104 Å². The van der Waals surface area contributed by atoms with Gasteiger partial charge in [0.05, 0.1) is 17.3 Å². The first-order valence-corrected chi connectivity index (χ1v) is 16.8. The van der Waals surface area contributed by atoms with E-state index in [1.165, 1.54) is 12.1 Å². The maximum Gasteiger partial charge on any atom is 0.336 e. The predicted octanol–water partition coefficient (Wildman–Crippen LogP) is -1.62. The van der Waals surface area contributed by atoms with Crippen LogP contribution in [0.3, 0.4) is 0 Å². The summed E-state index contributed by atoms with van der Waals surface area (Å²) < 4.78 is 107. The average Bonchev–Trinajstić information content (AvgIpc) is 2.92. The number of carboxylic acids is 1. The summed E-state index contributed by atoms with van der Waals surface area (Å²) in [6, 6.07) is 1.59. The Morgan fingerprint density at radius 1 is 0.957 bits per heavy atom. The average molecular weight is 702 g/mol. The number of fused-ring (bicyclic) bond motifs is 2. The minimum atomic E-state index is -5.19. The van der Waals surface area contributed by atoms with Gasteiger partial charge in [-0.05, 0) is 29.8 Å². The molecular formula is C24H23N5O14S3. The lowest BCUT2D eigenvalue weighted by molar-refractivity contribution is -0.122. The number of nitrogens with two attached hydrogens (primary N) is 3. The lowest BCUT2D eigenvalue weighted by Gasteiger charge is -2.31. The van der Waals surface area contributed by atoms with Crippen molar-refractivity contribution in [2.45, 2.75) is 17.0 Å². The number of carbonyl (C=O) groups is 3. The number of benzene rings is 2. The summed E-state index contributed by atoms with van der Waals surface area (Å²) in [5.74, 6) is -1.88. The number of amides is 2. The van der Waals surface area contributed by atoms with Gasteiger partial charge in [0, 0.05) is 22.3 Å². The number of carbonyl (C=O) groups excluding carboxylic acids is 2. The molecule has 1 heterocycles. The van der Waals surface area contributed by atoms with Gasteiger partial charge in [0.25, 0.3) is 42.2 Å². The third-order valence-corrected chi connectivity index (χ3v) is 9.29. The molecule has 2 aromatic rings. The number of allylic oxidation sites excluding steroid dienone is 1. The van der Waals surface area contributed by atoms with Gasteiger partial charge in [-0.2, -0.15) is 25.3 Å². The molecule has 1 aliphatic carbocycles. The number of anilines is 1. The summed E-state index contributed by atoms with van der Waals surface area (Å²) in [6.07, 6.45) is 2.31. The van der Waals surface area contributed by atoms with Crippen LogP contribution in [0, 0.1) is 0 Å². The van der Waals surface area contributed by atoms with Crippen LogP contribution >= 0.6 is 0 Å². The van der Waals surface area contributed by atoms with Gasteiger partial charge < -0.3 is 26.6 Å². The predicted molar refractivity (Wildman–Crippen MR) is 156 cm³/mol. The number of ether oxygens (including phenoxy) is 1. The van der Waals surface area contributed by atoms with Gasteiger partial charge in [-0.1, -0.05) is 18.2 Å². The Hall–Kier alpha value is -4.68. The van der Waals surface area contributed by atoms with Crippen LogP contribution in [0.1, 0.15) is 31.8 Å². The van der Waals surface area contributed by atoms with Crippen LogP contribution in [0.25, 0.3) is 5.57 Å². The van der Waals surface area contributed by atoms with Crippen molar-refractivity contribution < 1.29 is 63.1 Å². The molecule has 12 N–H and O–H groups in total. The third-order valence-electron chi connectivity index (χ3n) is 6.59. The van der Waals surface area contributed by atoms with Crippen LogP contribution < -0.4 is 32.8 Å². The Morgan fingerprint density at radius 3 is 2.13 bits per heavy atom. The van der Waals surface area contributed by atoms with E-state index in [1.54, 1.807) is 5.43 Å². The third kappa shape index (κ3) is 6.63. The van der Waals surface area contributed by atoms with Crippen LogP contribution in [-0.4, -0.2) is 79.6 Å². The minimum absolute atomic E-state index is 0.222. The number of hydrazine groups is 1. The van der Waals surface area contributed by atoms with Gasteiger partial charge in [0.2, 0.25) is 0 Å². The second-order valence-electron chi connectivity index (χ2n) is 9.63. The topological polar surface area (TPSA) is 346 Å². The van der Waals surface area contributed by atoms with Crippen molar-refractivity contribution in [3.8, 4) is 5.75 Å². The van der Waals surface area contributed by atoms with E-state index in [-0.39, 0.29) is 22.3 Å². The first kappa shape index (κ1) is 34.2. The molecule has 2 unspecified atom stereocenters. The molecular weight excluding hydrogens is 678 g/mol. The molecule has 246 valence electrons. The van der Waals surface area contributed by atoms with Crippen molar-refractivity contribution in [3.63, 3.8) is 0 Å². The van der Waals surface area contributed by atoms with E-state index in [0.29, 0.717) is 0 Å². The molecule has 0 bridgehead atoms. The lowest BCUT2D eigenvalue weighted by atomic mass is 9.84. The largest absolute Gasteiger partial charge is 0.478 e. The quantitative estimate of drug-likeness (QED) is 0.0466. The van der Waals surface area contributed by atoms with Gasteiger partial charge >= 0.3 is 5.97 Å². The highest BCUT2D eigenvalue weighted by molar-refractivity contribution is 7.90. The van der Waals surface area contributed by atoms with Crippen LogP contribution in [-0.2, 0) is 35.1 Å². The van der Waals surface area contributed by atoms with Gasteiger partial charge in [0.1, 0.15) is 16.7 Å². The molecule has 2 aromatic carbocycles. The SMILES string of the molecule is NNC(=O)C(CS(=O)(=O)O)NC(=O)c1ccc(C2=C3C=CC(N)C(S(=O)(=O)O)=C3Oc3c2ccc(N)c3S(=O)(=O)O)c(C(=O)O)c1. The molecule has 0 saturated heterocycles. The number of nitrogens with one attached hydrogen (secondary N) is 2. The molecule has 19 nitrogen and oxygen atoms in total. The molecule has 2 amide bonds. The minimum Gasteiger partial charge on any atom is -0.478 e. The summed E-state index contributed by atoms with van der Waals surface area (Å²) >= 11 is 0. The number of rotatable bonds is 9. The molecule has 0 fully saturated rings. The summed E-state index contributed by atoms with van der Waals surface area (Å²) in [6.45, 7) is 0. The smallest absolute Gasteiger partial charge is 0.336 e. The van der Waals surface area contributed by atoms with Crippen molar-refractivity contribution in [2.24, 2.45) is 11.6 Å². The molecule has 0 saturated carbocycles. The molecule has 1 aliphatic heterocycles. The van der Waals surface area contributed by atoms with Crippen molar-refractivity contribution in [2.75, 3.05) is 11.5 Å². The second-order valence-corrected chi connectivity index (χ2v) is 13.9. The summed E-state index contributed by atoms with van der Waals surface area (Å²) in [5, 5.41) is 12.1. The van der Waals surface area contributed by atoms with E-state index in [2.05, 4.69) is 0 Å². The Bertz CT molecular complexity index is 2140. The zero-order chi connectivity index (χ0) is 34.5. The Balaban J connectivity index is 2.02. The molecule has 4 rings (SSSR count). The Kier molecular flexibility index (Phi) is 8.86. The van der Waals surface area contributed by atoms with Crippen molar-refractivity contribution in [1.29, 1.82) is 0 Å². The standard InChI is InChI=1S/C24H23N5O14S3/c25-14-5-3-11-17(12-4-6-15(26)21(46(40,41)42)19(12)43-18(11)20(14)45(37,38)39)10-2-1-9(7-13(10)24(32)33)22(30)28-16(23(31)29-27)8-44(34,35)36/h1-7,14,16H,8,25-27H2,(H,28,30)(H,29,31)(H,32,33)(H,34,35,36)(H,37,38,39)(H,40,41,42). The number of hydrogen-bond donors (Lipinski definition) is 9. The molecule has 46 heavy (non-hydrogen) atoms. The normalized spacial score (nSPS) is 17.0. The zero-order valence-electron chi connectivity index (χ0n) is 22.7. The van der Waals surface area contributed by atoms with Crippen LogP contribution in [0.4, 0.5) is 5.69 Å². The molecule has 2 atom stereocenters. The molecule has 0 spiro atoms. The maximum atomic E-state index is 13.0.